The first-order valence-corrected chi connectivity index (χ1v) is 10.3. The normalized spacial score (nSPS) is 30.5. The van der Waals surface area contributed by atoms with E-state index in [2.05, 4.69) is 18.2 Å². The molecule has 0 aromatic heterocycles. The smallest absolute Gasteiger partial charge is 0.244 e. The van der Waals surface area contributed by atoms with Crippen molar-refractivity contribution in [3.63, 3.8) is 0 Å². The van der Waals surface area contributed by atoms with E-state index in [1.54, 1.807) is 0 Å². The van der Waals surface area contributed by atoms with E-state index in [-0.39, 0.29) is 5.90 Å². The van der Waals surface area contributed by atoms with Crippen molar-refractivity contribution in [1.82, 2.24) is 0 Å². The Hall–Kier alpha value is -3.66. The number of ether oxygens (including phenoxy) is 2. The van der Waals surface area contributed by atoms with Crippen LogP contribution in [0.5, 0.6) is 0 Å². The summed E-state index contributed by atoms with van der Waals surface area (Å²) in [6.45, 7) is 1.86. The SMILES string of the molecule is CCC1C2(c3ccccc3)OC(=N)C1(C#N)C(C#N)(C#N)C(CCc1ccccc1)O2. The largest absolute Gasteiger partial charge is 0.443 e. The van der Waals surface area contributed by atoms with Crippen molar-refractivity contribution in [3.05, 3.63) is 71.8 Å². The number of hydrogen-bond donors (Lipinski definition) is 1. The molecule has 2 fully saturated rings. The third-order valence-corrected chi connectivity index (χ3v) is 6.67. The fourth-order valence-electron chi connectivity index (χ4n) is 5.21. The van der Waals surface area contributed by atoms with Gasteiger partial charge in [0, 0.05) is 5.56 Å². The van der Waals surface area contributed by atoms with Gasteiger partial charge in [0.25, 0.3) is 0 Å². The van der Waals surface area contributed by atoms with Crippen LogP contribution in [0.15, 0.2) is 60.7 Å². The van der Waals surface area contributed by atoms with Gasteiger partial charge >= 0.3 is 0 Å². The van der Waals surface area contributed by atoms with E-state index in [1.807, 2.05) is 67.6 Å². The number of nitrogens with zero attached hydrogens (tertiary/aromatic N) is 3. The summed E-state index contributed by atoms with van der Waals surface area (Å²) in [5.74, 6) is -2.43. The van der Waals surface area contributed by atoms with Gasteiger partial charge in [-0.3, -0.25) is 5.41 Å². The number of hydrogen-bond acceptors (Lipinski definition) is 6. The second-order valence-corrected chi connectivity index (χ2v) is 8.01. The van der Waals surface area contributed by atoms with E-state index in [4.69, 9.17) is 14.9 Å². The average molecular weight is 410 g/mol. The van der Waals surface area contributed by atoms with Crippen molar-refractivity contribution < 1.29 is 9.47 Å². The molecule has 154 valence electrons. The molecule has 2 aromatic rings. The second kappa shape index (κ2) is 7.55. The quantitative estimate of drug-likeness (QED) is 0.782. The maximum Gasteiger partial charge on any atom is 0.244 e. The van der Waals surface area contributed by atoms with Gasteiger partial charge in [0.2, 0.25) is 11.7 Å². The number of fused-ring (bicyclic) bond motifs is 2. The van der Waals surface area contributed by atoms with Gasteiger partial charge in [-0.05, 0) is 24.8 Å². The molecule has 2 aliphatic rings. The van der Waals surface area contributed by atoms with E-state index in [0.717, 1.165) is 5.56 Å². The highest BCUT2D eigenvalue weighted by Gasteiger charge is 2.80. The molecule has 2 heterocycles. The zero-order valence-corrected chi connectivity index (χ0v) is 17.2. The third kappa shape index (κ3) is 2.61. The third-order valence-electron chi connectivity index (χ3n) is 6.67. The van der Waals surface area contributed by atoms with Crippen LogP contribution >= 0.6 is 0 Å². The molecule has 4 unspecified atom stereocenters. The molecule has 4 rings (SSSR count). The average Bonchev–Trinajstić information content (AvgIpc) is 3.03. The molecular weight excluding hydrogens is 388 g/mol. The van der Waals surface area contributed by atoms with Crippen LogP contribution in [0.25, 0.3) is 0 Å². The molecule has 6 nitrogen and oxygen atoms in total. The predicted molar refractivity (Wildman–Crippen MR) is 112 cm³/mol. The van der Waals surface area contributed by atoms with Crippen molar-refractivity contribution >= 4 is 5.90 Å². The van der Waals surface area contributed by atoms with Crippen molar-refractivity contribution in [1.29, 1.82) is 21.2 Å². The molecule has 6 heteroatoms. The van der Waals surface area contributed by atoms with Crippen LogP contribution in [0, 0.1) is 56.2 Å². The first-order valence-electron chi connectivity index (χ1n) is 10.3. The highest BCUT2D eigenvalue weighted by molar-refractivity contribution is 5.89. The van der Waals surface area contributed by atoms with Gasteiger partial charge in [0.05, 0.1) is 30.2 Å². The fraction of sp³-hybridized carbons (Fsp3) is 0.360. The Morgan fingerprint density at radius 3 is 2.10 bits per heavy atom. The highest BCUT2D eigenvalue weighted by Crippen LogP contribution is 2.66. The van der Waals surface area contributed by atoms with Crippen LogP contribution in [0.1, 0.15) is 30.9 Å². The summed E-state index contributed by atoms with van der Waals surface area (Å²) in [4.78, 5) is 0. The standard InChI is InChI=1S/C25H22N4O2/c1-2-20-24(17-28)22(29)31-25(20,19-11-7-4-8-12-19)30-21(23(24,15-26)16-27)14-13-18-9-5-3-6-10-18/h3-12,20-21,29H,2,13-14H2,1H3. The van der Waals surface area contributed by atoms with Gasteiger partial charge in [-0.15, -0.1) is 0 Å². The second-order valence-electron chi connectivity index (χ2n) is 8.01. The zero-order valence-electron chi connectivity index (χ0n) is 17.2. The first-order chi connectivity index (χ1) is 15.0. The van der Waals surface area contributed by atoms with Gasteiger partial charge in [0.1, 0.15) is 0 Å². The monoisotopic (exact) mass is 410 g/mol. The number of nitriles is 3. The first kappa shape index (κ1) is 20.6. The molecule has 0 spiro atoms. The lowest BCUT2D eigenvalue weighted by atomic mass is 9.52. The van der Waals surface area contributed by atoms with Gasteiger partial charge < -0.3 is 9.47 Å². The van der Waals surface area contributed by atoms with Gasteiger partial charge in [-0.2, -0.15) is 15.8 Å². The summed E-state index contributed by atoms with van der Waals surface area (Å²) in [6.07, 6.45) is 0.401. The van der Waals surface area contributed by atoms with E-state index in [9.17, 15) is 15.8 Å². The number of aryl methyl sites for hydroxylation is 1. The van der Waals surface area contributed by atoms with Crippen LogP contribution in [0.2, 0.25) is 0 Å². The lowest BCUT2D eigenvalue weighted by Crippen LogP contribution is -2.61. The maximum absolute atomic E-state index is 10.4. The van der Waals surface area contributed by atoms with E-state index in [0.29, 0.717) is 24.8 Å². The summed E-state index contributed by atoms with van der Waals surface area (Å²) in [7, 11) is 0. The summed E-state index contributed by atoms with van der Waals surface area (Å²) < 4.78 is 12.5. The lowest BCUT2D eigenvalue weighted by molar-refractivity contribution is -0.290. The summed E-state index contributed by atoms with van der Waals surface area (Å²) in [5, 5.41) is 39.5. The topological polar surface area (TPSA) is 114 Å². The molecule has 0 saturated carbocycles. The Morgan fingerprint density at radius 2 is 1.55 bits per heavy atom. The van der Waals surface area contributed by atoms with Crippen LogP contribution < -0.4 is 0 Å². The fourth-order valence-corrected chi connectivity index (χ4v) is 5.21. The molecule has 2 saturated heterocycles. The number of nitrogens with one attached hydrogen (secondary N) is 1. The maximum atomic E-state index is 10.4. The Balaban J connectivity index is 1.89. The van der Waals surface area contributed by atoms with Crippen LogP contribution in [-0.4, -0.2) is 12.0 Å². The van der Waals surface area contributed by atoms with E-state index < -0.39 is 28.6 Å². The molecule has 1 N–H and O–H groups in total. The summed E-state index contributed by atoms with van der Waals surface area (Å²) in [5.41, 5.74) is -1.86. The minimum atomic E-state index is -1.86. The predicted octanol–water partition coefficient (Wildman–Crippen LogP) is 4.45. The Bertz CT molecular complexity index is 1100. The van der Waals surface area contributed by atoms with Crippen molar-refractivity contribution in [2.24, 2.45) is 16.7 Å². The van der Waals surface area contributed by atoms with Crippen LogP contribution in [-0.2, 0) is 21.7 Å². The van der Waals surface area contributed by atoms with Crippen molar-refractivity contribution in [2.75, 3.05) is 0 Å². The highest BCUT2D eigenvalue weighted by atomic mass is 16.7. The van der Waals surface area contributed by atoms with E-state index in [1.165, 1.54) is 0 Å². The zero-order chi connectivity index (χ0) is 22.1. The van der Waals surface area contributed by atoms with Gasteiger partial charge in [-0.25, -0.2) is 0 Å². The number of rotatable bonds is 5. The molecule has 4 atom stereocenters. The lowest BCUT2D eigenvalue weighted by Gasteiger charge is -2.49. The minimum absolute atomic E-state index is 0.343. The molecule has 0 aliphatic carbocycles. The van der Waals surface area contributed by atoms with Crippen molar-refractivity contribution in [2.45, 2.75) is 38.1 Å². The van der Waals surface area contributed by atoms with Crippen molar-refractivity contribution in [3.8, 4) is 18.2 Å². The molecule has 2 aliphatic heterocycles. The molecule has 2 aromatic carbocycles. The molecule has 0 radical (unpaired) electrons. The van der Waals surface area contributed by atoms with Crippen LogP contribution in [0.4, 0.5) is 0 Å². The Morgan fingerprint density at radius 1 is 0.935 bits per heavy atom. The number of benzene rings is 2. The minimum Gasteiger partial charge on any atom is -0.443 e. The Kier molecular flexibility index (Phi) is 5.02. The molecule has 2 bridgehead atoms. The van der Waals surface area contributed by atoms with E-state index >= 15 is 0 Å². The van der Waals surface area contributed by atoms with Gasteiger partial charge in [-0.1, -0.05) is 67.6 Å². The Labute approximate surface area is 181 Å². The molecule has 31 heavy (non-hydrogen) atoms. The summed E-state index contributed by atoms with van der Waals surface area (Å²) >= 11 is 0. The van der Waals surface area contributed by atoms with Crippen LogP contribution in [0.3, 0.4) is 0 Å². The molecular formula is C25H22N4O2. The molecule has 0 amide bonds. The van der Waals surface area contributed by atoms with Gasteiger partial charge in [0.15, 0.2) is 10.8 Å². The summed E-state index contributed by atoms with van der Waals surface area (Å²) in [6, 6.07) is 25.4.